The van der Waals surface area contributed by atoms with Crippen molar-refractivity contribution in [2.24, 2.45) is 0 Å². The molecule has 4 heteroatoms. The fraction of sp³-hybridized carbons (Fsp3) is 0. The van der Waals surface area contributed by atoms with Crippen molar-refractivity contribution >= 4 is 81.2 Å². The number of thiophene rings is 1. The van der Waals surface area contributed by atoms with Gasteiger partial charge in [0.05, 0.1) is 32.8 Å². The second kappa shape index (κ2) is 6.62. The van der Waals surface area contributed by atoms with Crippen molar-refractivity contribution in [1.82, 2.24) is 4.98 Å². The van der Waals surface area contributed by atoms with E-state index in [1.54, 1.807) is 0 Å². The van der Waals surface area contributed by atoms with Gasteiger partial charge < -0.3 is 15.6 Å². The van der Waals surface area contributed by atoms with Crippen LogP contribution in [-0.4, -0.2) is 4.98 Å². The van der Waals surface area contributed by atoms with Gasteiger partial charge in [0.2, 0.25) is 0 Å². The van der Waals surface area contributed by atoms with Gasteiger partial charge in [0, 0.05) is 38.0 Å². The molecular weight excluding hydrogens is 434 g/mol. The number of aromatic amines is 1. The van der Waals surface area contributed by atoms with Gasteiger partial charge in [-0.1, -0.05) is 72.8 Å². The number of fused-ring (bicyclic) bond motifs is 11. The molecule has 1 aliphatic rings. The highest BCUT2D eigenvalue weighted by molar-refractivity contribution is 7.27. The van der Waals surface area contributed by atoms with E-state index in [4.69, 9.17) is 0 Å². The summed E-state index contributed by atoms with van der Waals surface area (Å²) in [5, 5.41) is 14.9. The summed E-state index contributed by atoms with van der Waals surface area (Å²) in [4.78, 5) is 3.87. The summed E-state index contributed by atoms with van der Waals surface area (Å²) in [6.07, 6.45) is 2.07. The highest BCUT2D eigenvalue weighted by Crippen LogP contribution is 2.46. The molecule has 0 saturated heterocycles. The molecule has 0 aliphatic carbocycles. The Balaban J connectivity index is 1.50. The minimum absolute atomic E-state index is 1.06. The van der Waals surface area contributed by atoms with Crippen LogP contribution in [0.5, 0.6) is 0 Å². The maximum Gasteiger partial charge on any atom is 0.0653 e. The average Bonchev–Trinajstić information content (AvgIpc) is 3.48. The van der Waals surface area contributed by atoms with Crippen LogP contribution in [0, 0.1) is 0 Å². The zero-order valence-corrected chi connectivity index (χ0v) is 19.0. The number of para-hydroxylation sites is 3. The molecule has 0 bridgehead atoms. The lowest BCUT2D eigenvalue weighted by Crippen LogP contribution is -2.09. The number of hydrogen-bond acceptors (Lipinski definition) is 3. The zero-order chi connectivity index (χ0) is 22.2. The van der Waals surface area contributed by atoms with Crippen molar-refractivity contribution in [2.45, 2.75) is 0 Å². The number of H-pyrrole nitrogens is 1. The molecule has 8 rings (SSSR count). The van der Waals surface area contributed by atoms with Crippen LogP contribution in [0.1, 0.15) is 5.56 Å². The van der Waals surface area contributed by atoms with Crippen molar-refractivity contribution in [2.75, 3.05) is 10.6 Å². The number of benzene rings is 5. The summed E-state index contributed by atoms with van der Waals surface area (Å²) >= 11 is 1.88. The van der Waals surface area contributed by atoms with Crippen molar-refractivity contribution < 1.29 is 0 Å². The van der Waals surface area contributed by atoms with E-state index >= 15 is 0 Å². The molecule has 0 saturated carbocycles. The van der Waals surface area contributed by atoms with Crippen molar-refractivity contribution in [1.29, 1.82) is 0 Å². The van der Waals surface area contributed by atoms with Crippen molar-refractivity contribution in [3.05, 3.63) is 103 Å². The number of anilines is 2. The van der Waals surface area contributed by atoms with E-state index in [0.29, 0.717) is 0 Å². The first kappa shape index (κ1) is 18.2. The molecule has 160 valence electrons. The topological polar surface area (TPSA) is 39.9 Å². The van der Waals surface area contributed by atoms with Crippen LogP contribution >= 0.6 is 11.3 Å². The van der Waals surface area contributed by atoms with E-state index in [9.17, 15) is 0 Å². The largest absolute Gasteiger partial charge is 0.358 e. The Hall–Kier alpha value is -4.28. The molecule has 0 spiro atoms. The van der Waals surface area contributed by atoms with E-state index in [-0.39, 0.29) is 0 Å². The smallest absolute Gasteiger partial charge is 0.0653 e. The summed E-state index contributed by atoms with van der Waals surface area (Å²) in [6, 6.07) is 32.5. The number of rotatable bonds is 1. The maximum atomic E-state index is 3.87. The highest BCUT2D eigenvalue weighted by atomic mass is 32.1. The SMILES string of the molecule is C1=C(c2cccc3c2[nH]c2c4sc5ccccc5c4c4ccccc4c32)Nc2ccccc2N1. The standard InChI is InChI=1S/C30H19N3S/c1-2-9-18-17(8-1)26-21-12-7-11-19(24-16-31-22-13-4-5-14-23(22)32-24)28(21)33-29(26)30-27(18)20-10-3-6-15-25(20)34-30/h1-16,31-33H. The quantitative estimate of drug-likeness (QED) is 0.233. The molecule has 0 unspecified atom stereocenters. The second-order valence-corrected chi connectivity index (χ2v) is 9.88. The van der Waals surface area contributed by atoms with E-state index < -0.39 is 0 Å². The Kier molecular flexibility index (Phi) is 3.54. The first-order valence-electron chi connectivity index (χ1n) is 11.5. The van der Waals surface area contributed by atoms with Gasteiger partial charge in [0.25, 0.3) is 0 Å². The number of aromatic nitrogens is 1. The lowest BCUT2D eigenvalue weighted by Gasteiger charge is -2.20. The molecule has 34 heavy (non-hydrogen) atoms. The third-order valence-electron chi connectivity index (χ3n) is 6.98. The van der Waals surface area contributed by atoms with E-state index in [0.717, 1.165) is 28.2 Å². The minimum atomic E-state index is 1.06. The third kappa shape index (κ3) is 2.35. The van der Waals surface area contributed by atoms with Crippen LogP contribution in [0.25, 0.3) is 58.4 Å². The molecule has 0 fully saturated rings. The van der Waals surface area contributed by atoms with Crippen LogP contribution in [0.4, 0.5) is 11.4 Å². The molecule has 5 aromatic carbocycles. The number of hydrogen-bond donors (Lipinski definition) is 3. The van der Waals surface area contributed by atoms with Crippen LogP contribution in [0.3, 0.4) is 0 Å². The summed E-state index contributed by atoms with van der Waals surface area (Å²) in [5.41, 5.74) is 6.79. The molecule has 3 N–H and O–H groups in total. The molecular formula is C30H19N3S. The minimum Gasteiger partial charge on any atom is -0.358 e. The van der Waals surface area contributed by atoms with Gasteiger partial charge in [0.1, 0.15) is 0 Å². The van der Waals surface area contributed by atoms with Gasteiger partial charge in [-0.25, -0.2) is 0 Å². The fourth-order valence-electron chi connectivity index (χ4n) is 5.49. The third-order valence-corrected chi connectivity index (χ3v) is 8.17. The summed E-state index contributed by atoms with van der Waals surface area (Å²) in [7, 11) is 0. The van der Waals surface area contributed by atoms with Gasteiger partial charge in [-0.15, -0.1) is 11.3 Å². The molecule has 0 amide bonds. The fourth-order valence-corrected chi connectivity index (χ4v) is 6.72. The first-order valence-corrected chi connectivity index (χ1v) is 12.3. The molecule has 0 radical (unpaired) electrons. The normalized spacial score (nSPS) is 13.4. The Morgan fingerprint density at radius 3 is 2.15 bits per heavy atom. The molecule has 3 heterocycles. The van der Waals surface area contributed by atoms with Gasteiger partial charge in [0.15, 0.2) is 0 Å². The van der Waals surface area contributed by atoms with E-state index in [1.165, 1.54) is 47.2 Å². The van der Waals surface area contributed by atoms with Gasteiger partial charge >= 0.3 is 0 Å². The molecule has 2 aromatic heterocycles. The Bertz CT molecular complexity index is 1970. The summed E-state index contributed by atoms with van der Waals surface area (Å²) < 4.78 is 2.65. The van der Waals surface area contributed by atoms with Gasteiger partial charge in [-0.2, -0.15) is 0 Å². The van der Waals surface area contributed by atoms with Gasteiger partial charge in [-0.3, -0.25) is 0 Å². The lowest BCUT2D eigenvalue weighted by molar-refractivity contribution is 1.45. The molecule has 3 nitrogen and oxygen atoms in total. The summed E-state index contributed by atoms with van der Waals surface area (Å²) in [6.45, 7) is 0. The Morgan fingerprint density at radius 2 is 1.26 bits per heavy atom. The predicted octanol–water partition coefficient (Wildman–Crippen LogP) is 8.68. The average molecular weight is 454 g/mol. The predicted molar refractivity (Wildman–Crippen MR) is 148 cm³/mol. The molecule has 7 aromatic rings. The van der Waals surface area contributed by atoms with Crippen LogP contribution in [0.15, 0.2) is 97.2 Å². The van der Waals surface area contributed by atoms with E-state index in [1.807, 2.05) is 17.4 Å². The number of nitrogens with one attached hydrogen (secondary N) is 3. The molecule has 1 aliphatic heterocycles. The second-order valence-electron chi connectivity index (χ2n) is 8.82. The van der Waals surface area contributed by atoms with Crippen molar-refractivity contribution in [3.8, 4) is 0 Å². The first-order chi connectivity index (χ1) is 16.9. The lowest BCUT2D eigenvalue weighted by atomic mass is 9.98. The Labute approximate surface area is 199 Å². The van der Waals surface area contributed by atoms with E-state index in [2.05, 4.69) is 107 Å². The summed E-state index contributed by atoms with van der Waals surface area (Å²) in [5.74, 6) is 0. The van der Waals surface area contributed by atoms with Crippen LogP contribution < -0.4 is 10.6 Å². The van der Waals surface area contributed by atoms with Crippen LogP contribution in [-0.2, 0) is 0 Å². The monoisotopic (exact) mass is 453 g/mol. The van der Waals surface area contributed by atoms with Gasteiger partial charge in [-0.05, 0) is 29.0 Å². The van der Waals surface area contributed by atoms with Crippen LogP contribution in [0.2, 0.25) is 0 Å². The van der Waals surface area contributed by atoms with Crippen molar-refractivity contribution in [3.63, 3.8) is 0 Å². The zero-order valence-electron chi connectivity index (χ0n) is 18.1. The highest BCUT2D eigenvalue weighted by Gasteiger charge is 2.20. The maximum absolute atomic E-state index is 3.87. The molecule has 0 atom stereocenters. The Morgan fingerprint density at radius 1 is 0.559 bits per heavy atom.